The van der Waals surface area contributed by atoms with Gasteiger partial charge < -0.3 is 24.1 Å². The fourth-order valence-electron chi connectivity index (χ4n) is 5.26. The summed E-state index contributed by atoms with van der Waals surface area (Å²) in [6, 6.07) is 14.3. The Morgan fingerprint density at radius 3 is 2.74 bits per heavy atom. The summed E-state index contributed by atoms with van der Waals surface area (Å²) in [5.74, 6) is 1.14. The van der Waals surface area contributed by atoms with Crippen LogP contribution in [0.1, 0.15) is 77.8 Å². The number of ether oxygens (including phenoxy) is 2. The van der Waals surface area contributed by atoms with Gasteiger partial charge in [0, 0.05) is 26.1 Å². The van der Waals surface area contributed by atoms with Gasteiger partial charge in [-0.15, -0.1) is 0 Å². The van der Waals surface area contributed by atoms with Crippen molar-refractivity contribution in [3.63, 3.8) is 0 Å². The predicted molar refractivity (Wildman–Crippen MR) is 146 cm³/mol. The minimum atomic E-state index is -0.290. The fraction of sp³-hybridized carbons (Fsp3) is 0.452. The van der Waals surface area contributed by atoms with E-state index in [2.05, 4.69) is 61.4 Å². The SMILES string of the molecule is Cc1ccc([C@H]2c3cc(OCc4nc(C(=O)NC[C@@H]5CCCO5)co4)ccc3CCN2C(=O)CC(C)C)cc1. The minimum absolute atomic E-state index is 0.0630. The average molecular weight is 532 g/mol. The molecule has 0 unspecified atom stereocenters. The lowest BCUT2D eigenvalue weighted by atomic mass is 9.87. The Kier molecular flexibility index (Phi) is 8.31. The van der Waals surface area contributed by atoms with Crippen molar-refractivity contribution in [1.29, 1.82) is 0 Å². The standard InChI is InChI=1S/C31H37N3O5/c1-20(2)15-29(35)34-13-12-22-10-11-24(16-26(22)30(34)23-8-6-21(3)7-9-23)38-19-28-33-27(18-39-28)31(36)32-17-25-5-4-14-37-25/h6-11,16,18,20,25,30H,4-5,12-15,17,19H2,1-3H3,(H,32,36)/t25-,30-/m0/s1. The molecule has 206 valence electrons. The van der Waals surface area contributed by atoms with Crippen molar-refractivity contribution in [3.05, 3.63) is 82.6 Å². The smallest absolute Gasteiger partial charge is 0.273 e. The Hall–Kier alpha value is -3.65. The molecule has 2 amide bonds. The second-order valence-corrected chi connectivity index (χ2v) is 10.9. The zero-order valence-corrected chi connectivity index (χ0v) is 22.9. The summed E-state index contributed by atoms with van der Waals surface area (Å²) >= 11 is 0. The maximum atomic E-state index is 13.3. The molecule has 0 radical (unpaired) electrons. The van der Waals surface area contributed by atoms with Gasteiger partial charge in [-0.05, 0) is 60.9 Å². The van der Waals surface area contributed by atoms with E-state index in [0.29, 0.717) is 31.2 Å². The summed E-state index contributed by atoms with van der Waals surface area (Å²) in [6.45, 7) is 8.19. The number of fused-ring (bicyclic) bond motifs is 1. The van der Waals surface area contributed by atoms with Crippen LogP contribution in [0.3, 0.4) is 0 Å². The Bertz CT molecular complexity index is 1290. The number of nitrogens with one attached hydrogen (secondary N) is 1. The number of nitrogens with zero attached hydrogens (tertiary/aromatic N) is 2. The van der Waals surface area contributed by atoms with Crippen LogP contribution in [0.2, 0.25) is 0 Å². The molecule has 0 spiro atoms. The summed E-state index contributed by atoms with van der Waals surface area (Å²) in [6.07, 6.45) is 4.70. The third-order valence-electron chi connectivity index (χ3n) is 7.30. The van der Waals surface area contributed by atoms with Crippen LogP contribution >= 0.6 is 0 Å². The number of aromatic nitrogens is 1. The first kappa shape index (κ1) is 26.9. The summed E-state index contributed by atoms with van der Waals surface area (Å²) in [7, 11) is 0. The van der Waals surface area contributed by atoms with Crippen molar-refractivity contribution in [2.24, 2.45) is 5.92 Å². The number of hydrogen-bond donors (Lipinski definition) is 1. The van der Waals surface area contributed by atoms with E-state index in [-0.39, 0.29) is 42.2 Å². The monoisotopic (exact) mass is 531 g/mol. The van der Waals surface area contributed by atoms with Gasteiger partial charge >= 0.3 is 0 Å². The van der Waals surface area contributed by atoms with Gasteiger partial charge in [0.15, 0.2) is 12.3 Å². The molecule has 3 aromatic rings. The Morgan fingerprint density at radius 2 is 2.00 bits per heavy atom. The number of benzene rings is 2. The van der Waals surface area contributed by atoms with Crippen molar-refractivity contribution >= 4 is 11.8 Å². The lowest BCUT2D eigenvalue weighted by Crippen LogP contribution is -2.41. The van der Waals surface area contributed by atoms with Gasteiger partial charge in [0.2, 0.25) is 11.8 Å². The number of oxazole rings is 1. The zero-order valence-electron chi connectivity index (χ0n) is 22.9. The van der Waals surface area contributed by atoms with Crippen molar-refractivity contribution in [1.82, 2.24) is 15.2 Å². The van der Waals surface area contributed by atoms with Gasteiger partial charge in [0.1, 0.15) is 12.0 Å². The van der Waals surface area contributed by atoms with Crippen LogP contribution in [0, 0.1) is 12.8 Å². The van der Waals surface area contributed by atoms with Crippen LogP contribution in [0.15, 0.2) is 53.1 Å². The molecule has 2 aliphatic heterocycles. The van der Waals surface area contributed by atoms with Gasteiger partial charge in [-0.2, -0.15) is 0 Å². The third kappa shape index (κ3) is 6.50. The van der Waals surface area contributed by atoms with Crippen molar-refractivity contribution in [3.8, 4) is 5.75 Å². The predicted octanol–water partition coefficient (Wildman–Crippen LogP) is 4.99. The zero-order chi connectivity index (χ0) is 27.4. The molecule has 39 heavy (non-hydrogen) atoms. The summed E-state index contributed by atoms with van der Waals surface area (Å²) < 4.78 is 17.1. The maximum Gasteiger partial charge on any atom is 0.273 e. The van der Waals surface area contributed by atoms with E-state index >= 15 is 0 Å². The van der Waals surface area contributed by atoms with Crippen LogP contribution in [-0.2, 0) is 22.6 Å². The van der Waals surface area contributed by atoms with Crippen LogP contribution in [-0.4, -0.2) is 47.5 Å². The first-order valence-electron chi connectivity index (χ1n) is 13.8. The van der Waals surface area contributed by atoms with Crippen molar-refractivity contribution in [2.45, 2.75) is 65.2 Å². The van der Waals surface area contributed by atoms with Crippen LogP contribution in [0.4, 0.5) is 0 Å². The highest BCUT2D eigenvalue weighted by molar-refractivity contribution is 5.91. The molecule has 5 rings (SSSR count). The highest BCUT2D eigenvalue weighted by Crippen LogP contribution is 2.38. The molecule has 1 aromatic heterocycles. The summed E-state index contributed by atoms with van der Waals surface area (Å²) in [5.41, 5.74) is 4.76. The number of carbonyl (C=O) groups excluding carboxylic acids is 2. The van der Waals surface area contributed by atoms with Gasteiger partial charge in [-0.3, -0.25) is 9.59 Å². The van der Waals surface area contributed by atoms with Crippen molar-refractivity contribution < 1.29 is 23.5 Å². The molecular weight excluding hydrogens is 494 g/mol. The molecule has 2 aliphatic rings. The lowest BCUT2D eigenvalue weighted by molar-refractivity contribution is -0.134. The third-order valence-corrected chi connectivity index (χ3v) is 7.30. The number of carbonyl (C=O) groups is 2. The van der Waals surface area contributed by atoms with Crippen LogP contribution in [0.5, 0.6) is 5.75 Å². The Labute approximate surface area is 229 Å². The second kappa shape index (κ2) is 12.0. The lowest BCUT2D eigenvalue weighted by Gasteiger charge is -2.38. The average Bonchev–Trinajstić information content (AvgIpc) is 3.62. The largest absolute Gasteiger partial charge is 0.484 e. The molecule has 2 aromatic carbocycles. The van der Waals surface area contributed by atoms with E-state index in [1.807, 2.05) is 17.0 Å². The summed E-state index contributed by atoms with van der Waals surface area (Å²) in [5, 5.41) is 2.85. The topological polar surface area (TPSA) is 93.9 Å². The molecule has 0 aliphatic carbocycles. The van der Waals surface area contributed by atoms with E-state index in [1.54, 1.807) is 0 Å². The van der Waals surface area contributed by atoms with Gasteiger partial charge in [-0.25, -0.2) is 4.98 Å². The molecule has 3 heterocycles. The number of amides is 2. The molecule has 1 saturated heterocycles. The van der Waals surface area contributed by atoms with Gasteiger partial charge in [0.05, 0.1) is 12.1 Å². The highest BCUT2D eigenvalue weighted by atomic mass is 16.5. The molecule has 1 N–H and O–H groups in total. The number of rotatable bonds is 9. The second-order valence-electron chi connectivity index (χ2n) is 10.9. The molecular formula is C31H37N3O5. The number of hydrogen-bond acceptors (Lipinski definition) is 6. The minimum Gasteiger partial charge on any atom is -0.484 e. The van der Waals surface area contributed by atoms with E-state index < -0.39 is 0 Å². The van der Waals surface area contributed by atoms with E-state index in [0.717, 1.165) is 37.0 Å². The molecule has 1 fully saturated rings. The van der Waals surface area contributed by atoms with Gasteiger partial charge in [-0.1, -0.05) is 49.7 Å². The van der Waals surface area contributed by atoms with Crippen LogP contribution in [0.25, 0.3) is 0 Å². The Balaban J connectivity index is 1.30. The van der Waals surface area contributed by atoms with E-state index in [1.165, 1.54) is 17.4 Å². The fourth-order valence-corrected chi connectivity index (χ4v) is 5.26. The molecule has 8 heteroatoms. The highest BCUT2D eigenvalue weighted by Gasteiger charge is 2.32. The Morgan fingerprint density at radius 1 is 1.18 bits per heavy atom. The quantitative estimate of drug-likeness (QED) is 0.418. The van der Waals surface area contributed by atoms with Gasteiger partial charge in [0.25, 0.3) is 5.91 Å². The normalized spacial score (nSPS) is 18.7. The van der Waals surface area contributed by atoms with Crippen LogP contribution < -0.4 is 10.1 Å². The van der Waals surface area contributed by atoms with Crippen molar-refractivity contribution in [2.75, 3.05) is 19.7 Å². The summed E-state index contributed by atoms with van der Waals surface area (Å²) in [4.78, 5) is 32.0. The molecule has 0 saturated carbocycles. The van der Waals surface area contributed by atoms with E-state index in [4.69, 9.17) is 13.9 Å². The molecule has 2 atom stereocenters. The first-order valence-corrected chi connectivity index (χ1v) is 13.8. The molecule has 8 nitrogen and oxygen atoms in total. The first-order chi connectivity index (χ1) is 18.9. The molecule has 0 bridgehead atoms. The number of aryl methyl sites for hydroxylation is 1. The van der Waals surface area contributed by atoms with E-state index in [9.17, 15) is 9.59 Å². The maximum absolute atomic E-state index is 13.3.